The molecule has 0 spiro atoms. The third-order valence-corrected chi connectivity index (χ3v) is 6.34. The lowest BCUT2D eigenvalue weighted by Gasteiger charge is -2.35. The van der Waals surface area contributed by atoms with Crippen LogP contribution < -0.4 is 10.5 Å². The standard InChI is InChI=1S/C22H26N6O2/c1-16(27-15-23-19-7-2-3-8-20(19)27)22(30)26-9-4-6-17(14-26)28-21(29)12-18(13-24-28)25-10-5-11-25/h2-3,7-8,12-13,15-17H,4-6,9-11,14H2,1H3/t16-,17-/m0/s1. The van der Waals surface area contributed by atoms with Crippen LogP contribution in [0, 0.1) is 0 Å². The first-order chi connectivity index (χ1) is 14.6. The summed E-state index contributed by atoms with van der Waals surface area (Å²) < 4.78 is 3.48. The molecule has 5 rings (SSSR count). The van der Waals surface area contributed by atoms with Crippen LogP contribution in [0.4, 0.5) is 5.69 Å². The number of carbonyl (C=O) groups is 1. The molecular formula is C22H26N6O2. The summed E-state index contributed by atoms with van der Waals surface area (Å²) in [7, 11) is 0. The summed E-state index contributed by atoms with van der Waals surface area (Å²) in [6.07, 6.45) is 6.38. The lowest BCUT2D eigenvalue weighted by atomic mass is 10.0. The second-order valence-corrected chi connectivity index (χ2v) is 8.23. The number of amides is 1. The lowest BCUT2D eigenvalue weighted by molar-refractivity contribution is -0.136. The van der Waals surface area contributed by atoms with E-state index in [1.54, 1.807) is 23.3 Å². The summed E-state index contributed by atoms with van der Waals surface area (Å²) in [5.74, 6) is 0.0492. The van der Waals surface area contributed by atoms with Gasteiger partial charge >= 0.3 is 0 Å². The molecule has 2 aliphatic rings. The van der Waals surface area contributed by atoms with Gasteiger partial charge in [0.05, 0.1) is 35.3 Å². The second kappa shape index (κ2) is 7.59. The number of rotatable bonds is 4. The summed E-state index contributed by atoms with van der Waals surface area (Å²) >= 11 is 0. The number of hydrogen-bond donors (Lipinski definition) is 0. The summed E-state index contributed by atoms with van der Waals surface area (Å²) in [6, 6.07) is 9.06. The molecule has 1 amide bonds. The second-order valence-electron chi connectivity index (χ2n) is 8.23. The van der Waals surface area contributed by atoms with Crippen LogP contribution >= 0.6 is 0 Å². The van der Waals surface area contributed by atoms with E-state index in [0.717, 1.165) is 49.1 Å². The number of anilines is 1. The molecule has 0 N–H and O–H groups in total. The Hall–Kier alpha value is -3.16. The number of carbonyl (C=O) groups excluding carboxylic acids is 1. The Labute approximate surface area is 174 Å². The number of para-hydroxylation sites is 2. The number of imidazole rings is 1. The molecule has 0 radical (unpaired) electrons. The minimum Gasteiger partial charge on any atom is -0.370 e. The van der Waals surface area contributed by atoms with Crippen LogP contribution in [0.2, 0.25) is 0 Å². The topological polar surface area (TPSA) is 76.3 Å². The van der Waals surface area contributed by atoms with Crippen LogP contribution in [0.5, 0.6) is 0 Å². The SMILES string of the molecule is C[C@@H](C(=O)N1CCC[C@H](n2ncc(N3CCC3)cc2=O)C1)n1cnc2ccccc21. The van der Waals surface area contributed by atoms with Gasteiger partial charge in [-0.25, -0.2) is 9.67 Å². The molecule has 8 heteroatoms. The quantitative estimate of drug-likeness (QED) is 0.664. The summed E-state index contributed by atoms with van der Waals surface area (Å²) in [5, 5.41) is 4.44. The van der Waals surface area contributed by atoms with E-state index in [2.05, 4.69) is 15.0 Å². The van der Waals surface area contributed by atoms with Crippen molar-refractivity contribution >= 4 is 22.6 Å². The number of piperidine rings is 1. The van der Waals surface area contributed by atoms with E-state index in [1.165, 1.54) is 0 Å². The number of benzene rings is 1. The van der Waals surface area contributed by atoms with Gasteiger partial charge in [-0.15, -0.1) is 0 Å². The van der Waals surface area contributed by atoms with Crippen molar-refractivity contribution in [2.75, 3.05) is 31.1 Å². The van der Waals surface area contributed by atoms with E-state index in [0.29, 0.717) is 13.1 Å². The van der Waals surface area contributed by atoms with Gasteiger partial charge in [0.25, 0.3) is 5.56 Å². The molecule has 2 fully saturated rings. The zero-order valence-corrected chi connectivity index (χ0v) is 17.1. The lowest BCUT2D eigenvalue weighted by Crippen LogP contribution is -2.46. The van der Waals surface area contributed by atoms with Crippen molar-refractivity contribution in [1.29, 1.82) is 0 Å². The fraction of sp³-hybridized carbons (Fsp3) is 0.455. The Morgan fingerprint density at radius 3 is 2.77 bits per heavy atom. The highest BCUT2D eigenvalue weighted by molar-refractivity contribution is 5.83. The largest absolute Gasteiger partial charge is 0.370 e. The van der Waals surface area contributed by atoms with Gasteiger partial charge in [-0.05, 0) is 38.3 Å². The number of nitrogens with zero attached hydrogens (tertiary/aromatic N) is 6. The smallest absolute Gasteiger partial charge is 0.269 e. The van der Waals surface area contributed by atoms with Crippen molar-refractivity contribution in [2.24, 2.45) is 0 Å². The molecule has 0 aliphatic carbocycles. The highest BCUT2D eigenvalue weighted by atomic mass is 16.2. The number of aromatic nitrogens is 4. The average molecular weight is 406 g/mol. The molecule has 2 saturated heterocycles. The summed E-state index contributed by atoms with van der Waals surface area (Å²) in [6.45, 7) is 5.08. The van der Waals surface area contributed by atoms with E-state index in [9.17, 15) is 9.59 Å². The van der Waals surface area contributed by atoms with Crippen molar-refractivity contribution in [3.63, 3.8) is 0 Å². The monoisotopic (exact) mass is 406 g/mol. The van der Waals surface area contributed by atoms with Gasteiger partial charge in [-0.3, -0.25) is 9.59 Å². The number of likely N-dealkylation sites (tertiary alicyclic amines) is 1. The Kier molecular flexibility index (Phi) is 4.77. The molecule has 0 saturated carbocycles. The zero-order chi connectivity index (χ0) is 20.7. The van der Waals surface area contributed by atoms with Gasteiger partial charge in [-0.2, -0.15) is 5.10 Å². The van der Waals surface area contributed by atoms with Crippen molar-refractivity contribution in [3.8, 4) is 0 Å². The first-order valence-corrected chi connectivity index (χ1v) is 10.7. The first kappa shape index (κ1) is 18.8. The van der Waals surface area contributed by atoms with Crippen molar-refractivity contribution < 1.29 is 4.79 Å². The highest BCUT2D eigenvalue weighted by Crippen LogP contribution is 2.25. The van der Waals surface area contributed by atoms with Crippen molar-refractivity contribution in [3.05, 3.63) is 53.2 Å². The third-order valence-electron chi connectivity index (χ3n) is 6.34. The third kappa shape index (κ3) is 3.26. The van der Waals surface area contributed by atoms with Gasteiger partial charge < -0.3 is 14.4 Å². The molecule has 30 heavy (non-hydrogen) atoms. The summed E-state index contributed by atoms with van der Waals surface area (Å²) in [4.78, 5) is 34.4. The van der Waals surface area contributed by atoms with E-state index in [1.807, 2.05) is 40.7 Å². The summed E-state index contributed by atoms with van der Waals surface area (Å²) in [5.41, 5.74) is 2.64. The Morgan fingerprint density at radius 2 is 2.00 bits per heavy atom. The fourth-order valence-electron chi connectivity index (χ4n) is 4.45. The molecule has 2 atom stereocenters. The van der Waals surface area contributed by atoms with E-state index in [-0.39, 0.29) is 23.6 Å². The maximum Gasteiger partial charge on any atom is 0.269 e. The molecule has 8 nitrogen and oxygen atoms in total. The van der Waals surface area contributed by atoms with Crippen LogP contribution in [0.1, 0.15) is 38.3 Å². The van der Waals surface area contributed by atoms with Gasteiger partial charge in [-0.1, -0.05) is 12.1 Å². The molecule has 156 valence electrons. The van der Waals surface area contributed by atoms with Gasteiger partial charge in [0.2, 0.25) is 5.91 Å². The first-order valence-electron chi connectivity index (χ1n) is 10.7. The average Bonchev–Trinajstić information content (AvgIpc) is 3.16. The zero-order valence-electron chi connectivity index (χ0n) is 17.1. The number of fused-ring (bicyclic) bond motifs is 1. The van der Waals surface area contributed by atoms with Gasteiger partial charge in [0.1, 0.15) is 6.04 Å². The van der Waals surface area contributed by atoms with Gasteiger partial charge in [0.15, 0.2) is 0 Å². The maximum atomic E-state index is 13.3. The van der Waals surface area contributed by atoms with Crippen molar-refractivity contribution in [1.82, 2.24) is 24.2 Å². The predicted octanol–water partition coefficient (Wildman–Crippen LogP) is 2.23. The molecule has 2 aromatic heterocycles. The maximum absolute atomic E-state index is 13.3. The number of hydrogen-bond acceptors (Lipinski definition) is 5. The van der Waals surface area contributed by atoms with E-state index in [4.69, 9.17) is 0 Å². The molecule has 2 aliphatic heterocycles. The van der Waals surface area contributed by atoms with Gasteiger partial charge in [0, 0.05) is 32.2 Å². The molecule has 0 bridgehead atoms. The Morgan fingerprint density at radius 1 is 1.17 bits per heavy atom. The van der Waals surface area contributed by atoms with Crippen LogP contribution in [0.25, 0.3) is 11.0 Å². The Bertz CT molecular complexity index is 1130. The van der Waals surface area contributed by atoms with Crippen molar-refractivity contribution in [2.45, 2.75) is 38.3 Å². The highest BCUT2D eigenvalue weighted by Gasteiger charge is 2.30. The molecular weight excluding hydrogens is 380 g/mol. The molecule has 0 unspecified atom stereocenters. The minimum atomic E-state index is -0.352. The van der Waals surface area contributed by atoms with Crippen LogP contribution in [-0.2, 0) is 4.79 Å². The Balaban J connectivity index is 1.33. The molecule has 1 aromatic carbocycles. The normalized spacial score (nSPS) is 20.2. The van der Waals surface area contributed by atoms with E-state index < -0.39 is 0 Å². The van der Waals surface area contributed by atoms with E-state index >= 15 is 0 Å². The van der Waals surface area contributed by atoms with Crippen LogP contribution in [0.15, 0.2) is 47.7 Å². The predicted molar refractivity (Wildman–Crippen MR) is 115 cm³/mol. The van der Waals surface area contributed by atoms with Crippen LogP contribution in [-0.4, -0.2) is 56.3 Å². The molecule has 4 heterocycles. The fourth-order valence-corrected chi connectivity index (χ4v) is 4.45. The van der Waals surface area contributed by atoms with Crippen LogP contribution in [0.3, 0.4) is 0 Å². The minimum absolute atomic E-state index is 0.0492. The molecule has 3 aromatic rings.